The van der Waals surface area contributed by atoms with Crippen LogP contribution in [0.2, 0.25) is 0 Å². The van der Waals surface area contributed by atoms with E-state index < -0.39 is 0 Å². The molecule has 0 spiro atoms. The molecule has 0 saturated heterocycles. The second-order valence-corrected chi connectivity index (χ2v) is 4.20. The van der Waals surface area contributed by atoms with Crippen LogP contribution in [0.4, 0.5) is 0 Å². The summed E-state index contributed by atoms with van der Waals surface area (Å²) >= 11 is 0. The predicted molar refractivity (Wildman–Crippen MR) is 92.4 cm³/mol. The molecule has 2 N–H and O–H groups in total. The van der Waals surface area contributed by atoms with Gasteiger partial charge in [-0.25, -0.2) is 0 Å². The number of rotatable bonds is 4. The molecule has 1 aromatic carbocycles. The lowest BCUT2D eigenvalue weighted by atomic mass is 10.1. The van der Waals surface area contributed by atoms with Gasteiger partial charge in [0, 0.05) is 33.0 Å². The van der Waals surface area contributed by atoms with E-state index in [0.29, 0.717) is 0 Å². The molecule has 2 aromatic rings. The Kier molecular flexibility index (Phi) is 7.06. The molecule has 0 fully saturated rings. The normalized spacial score (nSPS) is 10.8. The topological polar surface area (TPSA) is 54.2 Å². The average molecular weight is 385 g/mol. The number of halogens is 1. The molecule has 0 bridgehead atoms. The van der Waals surface area contributed by atoms with Gasteiger partial charge in [-0.05, 0) is 17.2 Å². The van der Waals surface area contributed by atoms with Crippen LogP contribution < -0.4 is 10.6 Å². The van der Waals surface area contributed by atoms with Crippen molar-refractivity contribution in [2.24, 2.45) is 4.99 Å². The number of benzene rings is 1. The minimum atomic E-state index is 0. The lowest BCUT2D eigenvalue weighted by Crippen LogP contribution is -2.34. The summed E-state index contributed by atoms with van der Waals surface area (Å²) in [5.41, 5.74) is 2.46. The van der Waals surface area contributed by atoms with E-state index in [4.69, 9.17) is 0 Å². The van der Waals surface area contributed by atoms with Crippen LogP contribution >= 0.6 is 24.0 Å². The van der Waals surface area contributed by atoms with Gasteiger partial charge in [-0.3, -0.25) is 9.67 Å². The molecular formula is C14H20IN5. The molecule has 1 heterocycles. The van der Waals surface area contributed by atoms with Crippen molar-refractivity contribution in [3.8, 4) is 0 Å². The van der Waals surface area contributed by atoms with Crippen LogP contribution in [0.1, 0.15) is 11.1 Å². The molecule has 0 unspecified atom stereocenters. The molecule has 0 aliphatic rings. The van der Waals surface area contributed by atoms with Gasteiger partial charge in [0.2, 0.25) is 0 Å². The smallest absolute Gasteiger partial charge is 0.190 e. The van der Waals surface area contributed by atoms with E-state index in [1.165, 1.54) is 11.1 Å². The zero-order valence-corrected chi connectivity index (χ0v) is 14.0. The summed E-state index contributed by atoms with van der Waals surface area (Å²) in [7, 11) is 3.61. The number of nitrogens with zero attached hydrogens (tertiary/aromatic N) is 3. The summed E-state index contributed by atoms with van der Waals surface area (Å²) in [4.78, 5) is 4.09. The second kappa shape index (κ2) is 8.57. The van der Waals surface area contributed by atoms with Crippen molar-refractivity contribution in [3.05, 3.63) is 53.9 Å². The standard InChI is InChI=1S/C14H19N5.HI/c1-15-14(16-2)17-10-12-5-3-6-13(9-12)11-19-8-4-7-18-19;/h3-9H,10-11H2,1-2H3,(H2,15,16,17);1H. The minimum Gasteiger partial charge on any atom is -0.359 e. The van der Waals surface area contributed by atoms with E-state index in [-0.39, 0.29) is 24.0 Å². The fourth-order valence-corrected chi connectivity index (χ4v) is 1.88. The highest BCUT2D eigenvalue weighted by Gasteiger charge is 1.99. The number of hydrogen-bond donors (Lipinski definition) is 2. The molecule has 20 heavy (non-hydrogen) atoms. The van der Waals surface area contributed by atoms with E-state index in [1.807, 2.05) is 24.0 Å². The van der Waals surface area contributed by atoms with E-state index >= 15 is 0 Å². The molecule has 108 valence electrons. The number of hydrogen-bond acceptors (Lipinski definition) is 2. The molecule has 0 aliphatic carbocycles. The summed E-state index contributed by atoms with van der Waals surface area (Å²) in [5.74, 6) is 0.789. The highest BCUT2D eigenvalue weighted by molar-refractivity contribution is 14.0. The van der Waals surface area contributed by atoms with E-state index in [9.17, 15) is 0 Å². The Morgan fingerprint density at radius 2 is 2.10 bits per heavy atom. The van der Waals surface area contributed by atoms with Gasteiger partial charge in [-0.1, -0.05) is 24.3 Å². The first-order chi connectivity index (χ1) is 9.31. The van der Waals surface area contributed by atoms with Gasteiger partial charge in [0.15, 0.2) is 5.96 Å². The molecule has 5 nitrogen and oxygen atoms in total. The SMILES string of the molecule is CN=C(NC)NCc1cccc(Cn2cccn2)c1.I. The Labute approximate surface area is 136 Å². The highest BCUT2D eigenvalue weighted by atomic mass is 127. The fraction of sp³-hybridized carbons (Fsp3) is 0.286. The molecule has 1 aromatic heterocycles. The minimum absolute atomic E-state index is 0. The molecule has 0 saturated carbocycles. The maximum Gasteiger partial charge on any atom is 0.190 e. The van der Waals surface area contributed by atoms with Crippen molar-refractivity contribution in [2.75, 3.05) is 14.1 Å². The molecule has 0 radical (unpaired) electrons. The van der Waals surface area contributed by atoms with Gasteiger partial charge < -0.3 is 10.6 Å². The van der Waals surface area contributed by atoms with Crippen molar-refractivity contribution in [1.82, 2.24) is 20.4 Å². The number of aromatic nitrogens is 2. The third kappa shape index (κ3) is 4.84. The Bertz CT molecular complexity index is 536. The Balaban J connectivity index is 0.00000200. The lowest BCUT2D eigenvalue weighted by Gasteiger charge is -2.09. The maximum atomic E-state index is 4.21. The maximum absolute atomic E-state index is 4.21. The summed E-state index contributed by atoms with van der Waals surface area (Å²) in [6.07, 6.45) is 3.76. The zero-order valence-electron chi connectivity index (χ0n) is 11.7. The summed E-state index contributed by atoms with van der Waals surface area (Å²) in [6.45, 7) is 1.54. The van der Waals surface area contributed by atoms with E-state index in [2.05, 4.69) is 45.0 Å². The second-order valence-electron chi connectivity index (χ2n) is 4.20. The van der Waals surface area contributed by atoms with Crippen LogP contribution in [0.3, 0.4) is 0 Å². The van der Waals surface area contributed by atoms with Crippen molar-refractivity contribution < 1.29 is 0 Å². The first-order valence-electron chi connectivity index (χ1n) is 6.25. The third-order valence-corrected chi connectivity index (χ3v) is 2.82. The van der Waals surface area contributed by atoms with Crippen LogP contribution in [-0.2, 0) is 13.1 Å². The van der Waals surface area contributed by atoms with Gasteiger partial charge in [0.25, 0.3) is 0 Å². The number of aliphatic imine (C=N–C) groups is 1. The van der Waals surface area contributed by atoms with Crippen LogP contribution in [0.15, 0.2) is 47.7 Å². The summed E-state index contributed by atoms with van der Waals surface area (Å²) < 4.78 is 1.92. The average Bonchev–Trinajstić information content (AvgIpc) is 2.93. The van der Waals surface area contributed by atoms with Crippen molar-refractivity contribution in [3.63, 3.8) is 0 Å². The highest BCUT2D eigenvalue weighted by Crippen LogP contribution is 2.06. The summed E-state index contributed by atoms with van der Waals surface area (Å²) in [6, 6.07) is 10.4. The first-order valence-corrected chi connectivity index (χ1v) is 6.25. The third-order valence-electron chi connectivity index (χ3n) is 2.82. The number of nitrogens with one attached hydrogen (secondary N) is 2. The Morgan fingerprint density at radius 3 is 2.75 bits per heavy atom. The lowest BCUT2D eigenvalue weighted by molar-refractivity contribution is 0.685. The number of guanidine groups is 1. The van der Waals surface area contributed by atoms with Crippen molar-refractivity contribution in [1.29, 1.82) is 0 Å². The van der Waals surface area contributed by atoms with Gasteiger partial charge >= 0.3 is 0 Å². The molecule has 2 rings (SSSR count). The van der Waals surface area contributed by atoms with E-state index in [0.717, 1.165) is 19.0 Å². The van der Waals surface area contributed by atoms with Crippen molar-refractivity contribution >= 4 is 29.9 Å². The van der Waals surface area contributed by atoms with Gasteiger partial charge in [0.1, 0.15) is 0 Å². The molecule has 0 atom stereocenters. The fourth-order valence-electron chi connectivity index (χ4n) is 1.88. The predicted octanol–water partition coefficient (Wildman–Crippen LogP) is 1.84. The first kappa shape index (κ1) is 16.5. The molecule has 0 aliphatic heterocycles. The van der Waals surface area contributed by atoms with Crippen molar-refractivity contribution in [2.45, 2.75) is 13.1 Å². The monoisotopic (exact) mass is 385 g/mol. The summed E-state index contributed by atoms with van der Waals surface area (Å²) in [5, 5.41) is 10.4. The Hall–Kier alpha value is -1.57. The van der Waals surface area contributed by atoms with Crippen LogP contribution in [0.5, 0.6) is 0 Å². The van der Waals surface area contributed by atoms with Gasteiger partial charge in [0.05, 0.1) is 6.54 Å². The van der Waals surface area contributed by atoms with Gasteiger partial charge in [-0.15, -0.1) is 24.0 Å². The van der Waals surface area contributed by atoms with Crippen LogP contribution in [0, 0.1) is 0 Å². The van der Waals surface area contributed by atoms with Crippen LogP contribution in [0.25, 0.3) is 0 Å². The van der Waals surface area contributed by atoms with Gasteiger partial charge in [-0.2, -0.15) is 5.10 Å². The van der Waals surface area contributed by atoms with Crippen LogP contribution in [-0.4, -0.2) is 29.8 Å². The molecule has 0 amide bonds. The largest absolute Gasteiger partial charge is 0.359 e. The molecular weight excluding hydrogens is 365 g/mol. The Morgan fingerprint density at radius 1 is 1.30 bits per heavy atom. The zero-order chi connectivity index (χ0) is 13.5. The quantitative estimate of drug-likeness (QED) is 0.480. The van der Waals surface area contributed by atoms with E-state index in [1.54, 1.807) is 13.2 Å². The molecule has 6 heteroatoms.